The monoisotopic (exact) mass is 202 g/mol. The van der Waals surface area contributed by atoms with E-state index >= 15 is 0 Å². The van der Waals surface area contributed by atoms with Crippen molar-refractivity contribution < 1.29 is 0 Å². The number of rotatable bonds is 3. The minimum Gasteiger partial charge on any atom is -0.371 e. The van der Waals surface area contributed by atoms with Gasteiger partial charge in [0.1, 0.15) is 0 Å². The van der Waals surface area contributed by atoms with Crippen LogP contribution in [0.4, 0.5) is 5.69 Å². The van der Waals surface area contributed by atoms with Crippen molar-refractivity contribution >= 4 is 5.69 Å². The molecule has 1 aromatic carbocycles. The number of fused-ring (bicyclic) bond motifs is 1. The number of nitrogens with zero attached hydrogens (tertiary/aromatic N) is 1. The molecule has 0 radical (unpaired) electrons. The van der Waals surface area contributed by atoms with E-state index in [1.807, 2.05) is 0 Å². The molecule has 1 heterocycles. The predicted octanol–water partition coefficient (Wildman–Crippen LogP) is 1.64. The second-order valence-corrected chi connectivity index (χ2v) is 4.87. The Morgan fingerprint density at radius 3 is 2.40 bits per heavy atom. The fourth-order valence-corrected chi connectivity index (χ4v) is 2.65. The van der Waals surface area contributed by atoms with Crippen molar-refractivity contribution in [1.29, 1.82) is 0 Å². The van der Waals surface area contributed by atoms with Crippen LogP contribution in [0.5, 0.6) is 0 Å². The molecule has 2 fully saturated rings. The van der Waals surface area contributed by atoms with Crippen LogP contribution in [0.3, 0.4) is 0 Å². The molecule has 0 spiro atoms. The predicted molar refractivity (Wildman–Crippen MR) is 63.0 cm³/mol. The van der Waals surface area contributed by atoms with E-state index in [2.05, 4.69) is 29.2 Å². The summed E-state index contributed by atoms with van der Waals surface area (Å²) in [5.41, 5.74) is 8.28. The van der Waals surface area contributed by atoms with Crippen LogP contribution >= 0.6 is 0 Å². The summed E-state index contributed by atoms with van der Waals surface area (Å²) in [6, 6.07) is 8.92. The topological polar surface area (TPSA) is 29.3 Å². The van der Waals surface area contributed by atoms with E-state index in [0.29, 0.717) is 0 Å². The molecule has 80 valence electrons. The van der Waals surface area contributed by atoms with Crippen molar-refractivity contribution in [3.8, 4) is 0 Å². The molecule has 2 unspecified atom stereocenters. The van der Waals surface area contributed by atoms with Crippen LogP contribution in [0.15, 0.2) is 24.3 Å². The minimum absolute atomic E-state index is 0.743. The largest absolute Gasteiger partial charge is 0.371 e. The second-order valence-electron chi connectivity index (χ2n) is 4.87. The first-order valence-corrected chi connectivity index (χ1v) is 5.91. The third kappa shape index (κ3) is 1.74. The molecule has 2 N–H and O–H groups in total. The highest BCUT2D eigenvalue weighted by molar-refractivity contribution is 5.49. The van der Waals surface area contributed by atoms with E-state index in [4.69, 9.17) is 5.73 Å². The van der Waals surface area contributed by atoms with E-state index in [1.165, 1.54) is 30.8 Å². The Bertz CT molecular complexity index is 334. The van der Waals surface area contributed by atoms with Crippen molar-refractivity contribution in [2.24, 2.45) is 17.6 Å². The molecule has 1 saturated heterocycles. The third-order valence-electron chi connectivity index (χ3n) is 3.71. The van der Waals surface area contributed by atoms with Crippen molar-refractivity contribution in [2.75, 3.05) is 24.5 Å². The summed E-state index contributed by atoms with van der Waals surface area (Å²) < 4.78 is 0. The highest BCUT2D eigenvalue weighted by Gasteiger charge is 2.44. The van der Waals surface area contributed by atoms with Crippen molar-refractivity contribution in [3.05, 3.63) is 29.8 Å². The smallest absolute Gasteiger partial charge is 0.0366 e. The molecule has 2 atom stereocenters. The Morgan fingerprint density at radius 2 is 1.80 bits per heavy atom. The fourth-order valence-electron chi connectivity index (χ4n) is 2.65. The molecule has 0 aromatic heterocycles. The molecular weight excluding hydrogens is 184 g/mol. The summed E-state index contributed by atoms with van der Waals surface area (Å²) in [5.74, 6) is 2.02. The summed E-state index contributed by atoms with van der Waals surface area (Å²) in [6.45, 7) is 3.30. The zero-order chi connectivity index (χ0) is 10.3. The number of benzene rings is 1. The molecule has 3 rings (SSSR count). The van der Waals surface area contributed by atoms with Crippen LogP contribution in [0.1, 0.15) is 12.0 Å². The Morgan fingerprint density at radius 1 is 1.13 bits per heavy atom. The van der Waals surface area contributed by atoms with Crippen LogP contribution in [0, 0.1) is 11.8 Å². The first-order valence-electron chi connectivity index (χ1n) is 5.91. The van der Waals surface area contributed by atoms with E-state index in [-0.39, 0.29) is 0 Å². The Balaban J connectivity index is 1.70. The zero-order valence-corrected chi connectivity index (χ0v) is 9.02. The molecule has 0 amide bonds. The van der Waals surface area contributed by atoms with Gasteiger partial charge in [0.05, 0.1) is 0 Å². The van der Waals surface area contributed by atoms with E-state index in [0.717, 1.165) is 24.8 Å². The number of hydrogen-bond acceptors (Lipinski definition) is 2. The lowest BCUT2D eigenvalue weighted by Crippen LogP contribution is -2.21. The van der Waals surface area contributed by atoms with Gasteiger partial charge in [-0.25, -0.2) is 0 Å². The maximum Gasteiger partial charge on any atom is 0.0366 e. The molecule has 2 nitrogen and oxygen atoms in total. The summed E-state index contributed by atoms with van der Waals surface area (Å²) in [4.78, 5) is 2.52. The second kappa shape index (κ2) is 3.53. The van der Waals surface area contributed by atoms with Gasteiger partial charge in [-0.2, -0.15) is 0 Å². The van der Waals surface area contributed by atoms with Crippen LogP contribution in [-0.4, -0.2) is 19.6 Å². The van der Waals surface area contributed by atoms with Crippen LogP contribution < -0.4 is 10.6 Å². The summed E-state index contributed by atoms with van der Waals surface area (Å²) in [7, 11) is 0. The highest BCUT2D eigenvalue weighted by Crippen LogP contribution is 2.46. The average molecular weight is 202 g/mol. The zero-order valence-electron chi connectivity index (χ0n) is 9.02. The Labute approximate surface area is 91.1 Å². The molecule has 2 aliphatic rings. The SMILES string of the molecule is NCCc1ccc(N2CC3CC3C2)cc1. The van der Waals surface area contributed by atoms with Gasteiger partial charge >= 0.3 is 0 Å². The lowest BCUT2D eigenvalue weighted by molar-refractivity contribution is 0.819. The van der Waals surface area contributed by atoms with Gasteiger partial charge in [0, 0.05) is 18.8 Å². The lowest BCUT2D eigenvalue weighted by atomic mass is 10.1. The maximum absolute atomic E-state index is 5.53. The molecule has 1 aliphatic heterocycles. The van der Waals surface area contributed by atoms with Gasteiger partial charge in [-0.1, -0.05) is 12.1 Å². The number of anilines is 1. The molecule has 1 aromatic rings. The van der Waals surface area contributed by atoms with Gasteiger partial charge < -0.3 is 10.6 Å². The van der Waals surface area contributed by atoms with Crippen LogP contribution in [0.2, 0.25) is 0 Å². The van der Waals surface area contributed by atoms with Crippen molar-refractivity contribution in [1.82, 2.24) is 0 Å². The number of hydrogen-bond donors (Lipinski definition) is 1. The van der Waals surface area contributed by atoms with Gasteiger partial charge in [0.15, 0.2) is 0 Å². The van der Waals surface area contributed by atoms with E-state index in [9.17, 15) is 0 Å². The van der Waals surface area contributed by atoms with Crippen molar-refractivity contribution in [2.45, 2.75) is 12.8 Å². The summed E-state index contributed by atoms with van der Waals surface area (Å²) in [6.07, 6.45) is 2.47. The van der Waals surface area contributed by atoms with Gasteiger partial charge in [-0.05, 0) is 48.9 Å². The molecule has 0 bridgehead atoms. The van der Waals surface area contributed by atoms with Crippen molar-refractivity contribution in [3.63, 3.8) is 0 Å². The van der Waals surface area contributed by atoms with Gasteiger partial charge in [0.2, 0.25) is 0 Å². The standard InChI is InChI=1S/C13H18N2/c14-6-5-10-1-3-13(4-2-10)15-8-11-7-12(11)9-15/h1-4,11-12H,5-9,14H2. The fraction of sp³-hybridized carbons (Fsp3) is 0.538. The van der Waals surface area contributed by atoms with Crippen LogP contribution in [-0.2, 0) is 6.42 Å². The quantitative estimate of drug-likeness (QED) is 0.807. The van der Waals surface area contributed by atoms with Gasteiger partial charge in [-0.15, -0.1) is 0 Å². The van der Waals surface area contributed by atoms with Gasteiger partial charge in [0.25, 0.3) is 0 Å². The first-order chi connectivity index (χ1) is 7.36. The van der Waals surface area contributed by atoms with E-state index < -0.39 is 0 Å². The number of nitrogens with two attached hydrogens (primary N) is 1. The number of piperidine rings is 1. The Kier molecular flexibility index (Phi) is 2.17. The normalized spacial score (nSPS) is 27.9. The Hall–Kier alpha value is -1.02. The first kappa shape index (κ1) is 9.22. The van der Waals surface area contributed by atoms with Crippen LogP contribution in [0.25, 0.3) is 0 Å². The minimum atomic E-state index is 0.743. The third-order valence-corrected chi connectivity index (χ3v) is 3.71. The summed E-state index contributed by atoms with van der Waals surface area (Å²) in [5, 5.41) is 0. The van der Waals surface area contributed by atoms with E-state index in [1.54, 1.807) is 0 Å². The average Bonchev–Trinajstić information content (AvgIpc) is 2.87. The maximum atomic E-state index is 5.53. The summed E-state index contributed by atoms with van der Waals surface area (Å²) >= 11 is 0. The lowest BCUT2D eigenvalue weighted by Gasteiger charge is -2.20. The molecule has 1 aliphatic carbocycles. The molecular formula is C13H18N2. The molecule has 1 saturated carbocycles. The molecule has 15 heavy (non-hydrogen) atoms. The van der Waals surface area contributed by atoms with Gasteiger partial charge in [-0.3, -0.25) is 0 Å². The molecule has 2 heteroatoms. The highest BCUT2D eigenvalue weighted by atomic mass is 15.2.